The van der Waals surface area contributed by atoms with E-state index in [2.05, 4.69) is 5.32 Å². The summed E-state index contributed by atoms with van der Waals surface area (Å²) in [4.78, 5) is 14.2. The van der Waals surface area contributed by atoms with Crippen LogP contribution in [0.15, 0.2) is 24.3 Å². The summed E-state index contributed by atoms with van der Waals surface area (Å²) in [6.45, 7) is 0.878. The van der Waals surface area contributed by atoms with Crippen molar-refractivity contribution in [1.29, 1.82) is 0 Å². The molecule has 2 rings (SSSR count). The molecular weight excluding hydrogens is 302 g/mol. The molecule has 0 bridgehead atoms. The monoisotopic (exact) mass is 325 g/mol. The number of rotatable bonds is 4. The SMILES string of the molecule is CN(C)c1ccc(C(=O)NC2CCCN(S(C)(=O)=O)C2)cc1. The van der Waals surface area contributed by atoms with Gasteiger partial charge in [-0.1, -0.05) is 0 Å². The zero-order valence-electron chi connectivity index (χ0n) is 13.2. The maximum atomic E-state index is 12.3. The maximum absolute atomic E-state index is 12.3. The Kier molecular flexibility index (Phi) is 5.08. The van der Waals surface area contributed by atoms with Gasteiger partial charge in [0.15, 0.2) is 0 Å². The third-order valence-electron chi connectivity index (χ3n) is 3.83. The van der Waals surface area contributed by atoms with Gasteiger partial charge in [0.25, 0.3) is 5.91 Å². The van der Waals surface area contributed by atoms with Crippen molar-refractivity contribution < 1.29 is 13.2 Å². The molecule has 0 saturated carbocycles. The number of nitrogens with one attached hydrogen (secondary N) is 1. The number of amides is 1. The molecule has 0 aliphatic carbocycles. The molecule has 0 spiro atoms. The van der Waals surface area contributed by atoms with Crippen molar-refractivity contribution in [2.45, 2.75) is 18.9 Å². The molecule has 1 heterocycles. The molecule has 0 radical (unpaired) electrons. The molecule has 1 aliphatic rings. The predicted octanol–water partition coefficient (Wildman–Crippen LogP) is 0.906. The van der Waals surface area contributed by atoms with Crippen molar-refractivity contribution in [3.63, 3.8) is 0 Å². The average molecular weight is 325 g/mol. The lowest BCUT2D eigenvalue weighted by Gasteiger charge is -2.31. The van der Waals surface area contributed by atoms with Crippen molar-refractivity contribution in [2.75, 3.05) is 38.3 Å². The number of piperidine rings is 1. The van der Waals surface area contributed by atoms with Crippen molar-refractivity contribution in [3.8, 4) is 0 Å². The molecule has 6 nitrogen and oxygen atoms in total. The second kappa shape index (κ2) is 6.66. The molecule has 122 valence electrons. The molecule has 1 aliphatic heterocycles. The lowest BCUT2D eigenvalue weighted by Crippen LogP contribution is -2.49. The highest BCUT2D eigenvalue weighted by Crippen LogP contribution is 2.15. The minimum atomic E-state index is -3.20. The van der Waals surface area contributed by atoms with E-state index in [9.17, 15) is 13.2 Å². The predicted molar refractivity (Wildman–Crippen MR) is 87.7 cm³/mol. The minimum Gasteiger partial charge on any atom is -0.378 e. The summed E-state index contributed by atoms with van der Waals surface area (Å²) in [6, 6.07) is 7.20. The minimum absolute atomic E-state index is 0.135. The van der Waals surface area contributed by atoms with Crippen LogP contribution in [0.25, 0.3) is 0 Å². The van der Waals surface area contributed by atoms with Gasteiger partial charge in [-0.2, -0.15) is 0 Å². The zero-order chi connectivity index (χ0) is 16.3. The number of carbonyl (C=O) groups is 1. The van der Waals surface area contributed by atoms with Crippen LogP contribution in [-0.4, -0.2) is 58.1 Å². The maximum Gasteiger partial charge on any atom is 0.251 e. The van der Waals surface area contributed by atoms with Gasteiger partial charge in [0, 0.05) is 44.5 Å². The van der Waals surface area contributed by atoms with Crippen molar-refractivity contribution in [3.05, 3.63) is 29.8 Å². The molecule has 7 heteroatoms. The smallest absolute Gasteiger partial charge is 0.251 e. The fraction of sp³-hybridized carbons (Fsp3) is 0.533. The van der Waals surface area contributed by atoms with Gasteiger partial charge in [-0.3, -0.25) is 4.79 Å². The Hall–Kier alpha value is -1.60. The van der Waals surface area contributed by atoms with Crippen LogP contribution in [0.1, 0.15) is 23.2 Å². The molecule has 1 aromatic carbocycles. The molecular formula is C15H23N3O3S. The first-order chi connectivity index (χ1) is 10.3. The third kappa shape index (κ3) is 4.20. The van der Waals surface area contributed by atoms with Gasteiger partial charge in [-0.05, 0) is 37.1 Å². The van der Waals surface area contributed by atoms with Gasteiger partial charge in [-0.15, -0.1) is 0 Å². The van der Waals surface area contributed by atoms with Crippen LogP contribution in [0.3, 0.4) is 0 Å². The van der Waals surface area contributed by atoms with Crippen LogP contribution in [0.2, 0.25) is 0 Å². The number of anilines is 1. The number of hydrogen-bond donors (Lipinski definition) is 1. The highest BCUT2D eigenvalue weighted by molar-refractivity contribution is 7.88. The lowest BCUT2D eigenvalue weighted by atomic mass is 10.1. The Morgan fingerprint density at radius 2 is 1.91 bits per heavy atom. The van der Waals surface area contributed by atoms with Gasteiger partial charge in [0.1, 0.15) is 0 Å². The average Bonchev–Trinajstić information content (AvgIpc) is 2.46. The fourth-order valence-electron chi connectivity index (χ4n) is 2.54. The normalized spacial score (nSPS) is 19.7. The van der Waals surface area contributed by atoms with E-state index in [4.69, 9.17) is 0 Å². The van der Waals surface area contributed by atoms with Gasteiger partial charge in [0.05, 0.1) is 6.26 Å². The zero-order valence-corrected chi connectivity index (χ0v) is 14.1. The Bertz CT molecular complexity index is 626. The molecule has 1 fully saturated rings. The molecule has 22 heavy (non-hydrogen) atoms. The molecule has 1 unspecified atom stereocenters. The van der Waals surface area contributed by atoms with E-state index in [1.165, 1.54) is 10.6 Å². The second-order valence-electron chi connectivity index (χ2n) is 5.87. The summed E-state index contributed by atoms with van der Waals surface area (Å²) >= 11 is 0. The van der Waals surface area contributed by atoms with Crippen LogP contribution in [0.5, 0.6) is 0 Å². The standard InChI is InChI=1S/C15H23N3O3S/c1-17(2)14-8-6-12(7-9-14)15(19)16-13-5-4-10-18(11-13)22(3,20)21/h6-9,13H,4-5,10-11H2,1-3H3,(H,16,19). The van der Waals surface area contributed by atoms with E-state index in [0.717, 1.165) is 18.5 Å². The van der Waals surface area contributed by atoms with Crippen molar-refractivity contribution in [2.24, 2.45) is 0 Å². The van der Waals surface area contributed by atoms with Crippen molar-refractivity contribution in [1.82, 2.24) is 9.62 Å². The summed E-state index contributed by atoms with van der Waals surface area (Å²) < 4.78 is 24.6. The van der Waals surface area contributed by atoms with E-state index < -0.39 is 10.0 Å². The van der Waals surface area contributed by atoms with Crippen LogP contribution in [0, 0.1) is 0 Å². The number of carbonyl (C=O) groups excluding carboxylic acids is 1. The summed E-state index contributed by atoms with van der Waals surface area (Å²) in [7, 11) is 0.685. The number of nitrogens with zero attached hydrogens (tertiary/aromatic N) is 2. The summed E-state index contributed by atoms with van der Waals surface area (Å²) in [5, 5.41) is 2.93. The van der Waals surface area contributed by atoms with E-state index in [1.807, 2.05) is 31.1 Å². The summed E-state index contributed by atoms with van der Waals surface area (Å²) in [5.41, 5.74) is 1.61. The van der Waals surface area contributed by atoms with Crippen LogP contribution in [0.4, 0.5) is 5.69 Å². The van der Waals surface area contributed by atoms with Crippen LogP contribution >= 0.6 is 0 Å². The lowest BCUT2D eigenvalue weighted by molar-refractivity contribution is 0.0921. The van der Waals surface area contributed by atoms with E-state index in [-0.39, 0.29) is 11.9 Å². The highest BCUT2D eigenvalue weighted by Gasteiger charge is 2.26. The molecule has 1 N–H and O–H groups in total. The van der Waals surface area contributed by atoms with Gasteiger partial charge < -0.3 is 10.2 Å². The first-order valence-electron chi connectivity index (χ1n) is 7.31. The highest BCUT2D eigenvalue weighted by atomic mass is 32.2. The van der Waals surface area contributed by atoms with Gasteiger partial charge >= 0.3 is 0 Å². The van der Waals surface area contributed by atoms with Crippen LogP contribution in [-0.2, 0) is 10.0 Å². The van der Waals surface area contributed by atoms with E-state index in [0.29, 0.717) is 18.7 Å². The first kappa shape index (κ1) is 16.8. The largest absolute Gasteiger partial charge is 0.378 e. The molecule has 1 atom stereocenters. The first-order valence-corrected chi connectivity index (χ1v) is 9.15. The van der Waals surface area contributed by atoms with Crippen LogP contribution < -0.4 is 10.2 Å². The Morgan fingerprint density at radius 3 is 2.45 bits per heavy atom. The van der Waals surface area contributed by atoms with Gasteiger partial charge in [-0.25, -0.2) is 12.7 Å². The molecule has 0 aromatic heterocycles. The third-order valence-corrected chi connectivity index (χ3v) is 5.10. The second-order valence-corrected chi connectivity index (χ2v) is 7.86. The Balaban J connectivity index is 1.99. The fourth-order valence-corrected chi connectivity index (χ4v) is 3.45. The molecule has 1 amide bonds. The number of sulfonamides is 1. The topological polar surface area (TPSA) is 69.7 Å². The quantitative estimate of drug-likeness (QED) is 0.893. The number of hydrogen-bond acceptors (Lipinski definition) is 4. The summed E-state index contributed by atoms with van der Waals surface area (Å²) in [6.07, 6.45) is 2.77. The molecule has 1 saturated heterocycles. The van der Waals surface area contributed by atoms with E-state index >= 15 is 0 Å². The summed E-state index contributed by atoms with van der Waals surface area (Å²) in [5.74, 6) is -0.161. The van der Waals surface area contributed by atoms with E-state index in [1.54, 1.807) is 12.1 Å². The van der Waals surface area contributed by atoms with Crippen molar-refractivity contribution >= 4 is 21.6 Å². The van der Waals surface area contributed by atoms with Gasteiger partial charge in [0.2, 0.25) is 10.0 Å². The number of benzene rings is 1. The Morgan fingerprint density at radius 1 is 1.27 bits per heavy atom. The molecule has 1 aromatic rings. The Labute approximate surface area is 132 Å².